The van der Waals surface area contributed by atoms with Crippen molar-refractivity contribution >= 4 is 73.8 Å². The van der Waals surface area contributed by atoms with Crippen molar-refractivity contribution < 1.29 is 37.4 Å². The minimum atomic E-state index is -3.57. The number of β-amino-alcohol motifs (C(OH)–C–C–N with tert-alkyl or cyclic N) is 1. The number of carbonyl (C=O) groups is 4. The summed E-state index contributed by atoms with van der Waals surface area (Å²) in [5.74, 6) is 0.370. The molecule has 454 valence electrons. The summed E-state index contributed by atoms with van der Waals surface area (Å²) in [4.78, 5) is 81.5. The van der Waals surface area contributed by atoms with E-state index in [1.54, 1.807) is 49.4 Å². The van der Waals surface area contributed by atoms with Gasteiger partial charge in [-0.3, -0.25) is 24.1 Å². The molecule has 0 saturated carbocycles. The van der Waals surface area contributed by atoms with Crippen molar-refractivity contribution in [2.45, 2.75) is 174 Å². The molecule has 3 atom stereocenters. The molecule has 20 nitrogen and oxygen atoms in total. The van der Waals surface area contributed by atoms with Gasteiger partial charge < -0.3 is 45.8 Å². The number of piperidine rings is 1. The number of aliphatic hydroxyl groups is 1. The van der Waals surface area contributed by atoms with Gasteiger partial charge in [-0.05, 0) is 108 Å². The molecule has 1 unspecified atom stereocenters. The number of piperazine rings is 1. The van der Waals surface area contributed by atoms with E-state index in [2.05, 4.69) is 64.0 Å². The van der Waals surface area contributed by atoms with Gasteiger partial charge >= 0.3 is 0 Å². The van der Waals surface area contributed by atoms with Crippen LogP contribution in [-0.2, 0) is 35.6 Å². The highest BCUT2D eigenvalue weighted by molar-refractivity contribution is 7.92. The second kappa shape index (κ2) is 28.4. The largest absolute Gasteiger partial charge is 0.489 e. The number of aliphatic hydroxyl groups excluding tert-OH is 1. The monoisotopic (exact) mass is 1190 g/mol. The van der Waals surface area contributed by atoms with Crippen LogP contribution in [0.2, 0.25) is 0 Å². The summed E-state index contributed by atoms with van der Waals surface area (Å²) >= 11 is 1.58. The van der Waals surface area contributed by atoms with Gasteiger partial charge in [-0.25, -0.2) is 23.4 Å². The lowest BCUT2D eigenvalue weighted by Crippen LogP contribution is -2.57. The van der Waals surface area contributed by atoms with Gasteiger partial charge in [-0.15, -0.1) is 11.3 Å². The van der Waals surface area contributed by atoms with E-state index in [1.165, 1.54) is 11.2 Å². The van der Waals surface area contributed by atoms with Gasteiger partial charge in [0.25, 0.3) is 0 Å². The zero-order valence-electron chi connectivity index (χ0n) is 50.3. The number of carbonyl (C=O) groups excluding carboxylic acids is 4. The predicted octanol–water partition coefficient (Wildman–Crippen LogP) is 8.72. The van der Waals surface area contributed by atoms with Crippen molar-refractivity contribution in [2.75, 3.05) is 61.3 Å². The molecule has 5 N–H and O–H groups in total. The molecule has 0 aliphatic carbocycles. The number of unbranched alkanes of at least 4 members (excludes halogenated alkanes) is 4. The average molecular weight is 1190 g/mol. The van der Waals surface area contributed by atoms with Gasteiger partial charge in [0, 0.05) is 89.4 Å². The van der Waals surface area contributed by atoms with Gasteiger partial charge in [0.15, 0.2) is 9.84 Å². The third-order valence-corrected chi connectivity index (χ3v) is 19.2. The third kappa shape index (κ3) is 16.4. The Kier molecular flexibility index (Phi) is 21.4. The topological polar surface area (TPSA) is 245 Å². The number of hydrogen-bond acceptors (Lipinski definition) is 17. The Morgan fingerprint density at radius 2 is 1.46 bits per heavy atom. The summed E-state index contributed by atoms with van der Waals surface area (Å²) in [5.41, 5.74) is 7.36. The van der Waals surface area contributed by atoms with Crippen LogP contribution in [0.15, 0.2) is 77.4 Å². The summed E-state index contributed by atoms with van der Waals surface area (Å²) in [7, 11) is -3.57. The maximum Gasteiger partial charge on any atom is 0.246 e. The minimum Gasteiger partial charge on any atom is -0.489 e. The highest BCUT2D eigenvalue weighted by atomic mass is 32.2. The maximum absolute atomic E-state index is 14.1. The Morgan fingerprint density at radius 3 is 2.11 bits per heavy atom. The van der Waals surface area contributed by atoms with Gasteiger partial charge in [0.05, 0.1) is 49.8 Å². The second-order valence-electron chi connectivity index (χ2n) is 24.1. The quantitative estimate of drug-likeness (QED) is 0.0363. The molecule has 3 saturated heterocycles. The number of anilines is 5. The van der Waals surface area contributed by atoms with E-state index in [9.17, 15) is 32.7 Å². The zero-order chi connectivity index (χ0) is 60.3. The number of nitrogens with one attached hydrogen (secondary N) is 4. The van der Waals surface area contributed by atoms with Gasteiger partial charge in [0.1, 0.15) is 24.2 Å². The van der Waals surface area contributed by atoms with Crippen LogP contribution in [0.4, 0.5) is 29.0 Å². The fourth-order valence-electron chi connectivity index (χ4n) is 11.3. The number of para-hydroxylation sites is 1. The second-order valence-corrected chi connectivity index (χ2v) is 27.4. The number of aryl methyl sites for hydroxylation is 2. The molecule has 3 aliphatic heterocycles. The number of amides is 4. The van der Waals surface area contributed by atoms with Crippen LogP contribution in [0, 0.1) is 19.3 Å². The molecule has 0 bridgehead atoms. The molecular formula is C62H86N12O8S2. The van der Waals surface area contributed by atoms with Crippen LogP contribution in [-0.4, -0.2) is 153 Å². The average Bonchev–Trinajstić information content (AvgIpc) is 4.06. The van der Waals surface area contributed by atoms with Crippen molar-refractivity contribution in [3.8, 4) is 16.2 Å². The van der Waals surface area contributed by atoms with Crippen molar-refractivity contribution in [1.29, 1.82) is 0 Å². The van der Waals surface area contributed by atoms with E-state index < -0.39 is 38.7 Å². The smallest absolute Gasteiger partial charge is 0.246 e. The van der Waals surface area contributed by atoms with Crippen LogP contribution >= 0.6 is 11.3 Å². The lowest BCUT2D eigenvalue weighted by atomic mass is 9.85. The summed E-state index contributed by atoms with van der Waals surface area (Å²) < 4.78 is 32.5. The summed E-state index contributed by atoms with van der Waals surface area (Å²) in [6.45, 7) is 22.2. The van der Waals surface area contributed by atoms with E-state index in [1.807, 2.05) is 82.3 Å². The van der Waals surface area contributed by atoms with E-state index >= 15 is 0 Å². The molecule has 5 heterocycles. The van der Waals surface area contributed by atoms with Crippen LogP contribution in [0.1, 0.15) is 129 Å². The Hall–Kier alpha value is -6.75. The Bertz CT molecular complexity index is 3170. The maximum atomic E-state index is 14.1. The lowest BCUT2D eigenvalue weighted by Gasteiger charge is -2.43. The number of ether oxygens (including phenoxy) is 1. The summed E-state index contributed by atoms with van der Waals surface area (Å²) in [6.07, 6.45) is 7.37. The number of nitrogens with zero attached hydrogens (tertiary/aromatic N) is 8. The van der Waals surface area contributed by atoms with Crippen molar-refractivity contribution in [2.24, 2.45) is 5.41 Å². The number of aromatic nitrogens is 4. The Balaban J connectivity index is 0.726. The van der Waals surface area contributed by atoms with Crippen molar-refractivity contribution in [1.82, 2.24) is 45.3 Å². The first-order valence-corrected chi connectivity index (χ1v) is 32.2. The number of hydrogen-bond donors (Lipinski definition) is 5. The molecule has 0 radical (unpaired) electrons. The van der Waals surface area contributed by atoms with E-state index in [0.29, 0.717) is 36.0 Å². The molecule has 3 fully saturated rings. The van der Waals surface area contributed by atoms with Gasteiger partial charge in [-0.2, -0.15) is 4.98 Å². The van der Waals surface area contributed by atoms with E-state index in [4.69, 9.17) is 4.74 Å². The molecule has 3 aromatic carbocycles. The normalized spacial score (nSPS) is 17.6. The van der Waals surface area contributed by atoms with E-state index in [-0.39, 0.29) is 72.5 Å². The molecule has 84 heavy (non-hydrogen) atoms. The molecule has 5 aromatic rings. The zero-order valence-corrected chi connectivity index (χ0v) is 52.0. The predicted molar refractivity (Wildman–Crippen MR) is 329 cm³/mol. The van der Waals surface area contributed by atoms with Crippen molar-refractivity contribution in [3.63, 3.8) is 0 Å². The number of thiazole rings is 1. The minimum absolute atomic E-state index is 0.0148. The molecule has 22 heteroatoms. The number of likely N-dealkylation sites (tertiary alicyclic amines) is 1. The lowest BCUT2D eigenvalue weighted by molar-refractivity contribution is -0.144. The van der Waals surface area contributed by atoms with Gasteiger partial charge in [-0.1, -0.05) is 76.4 Å². The fourth-order valence-corrected chi connectivity index (χ4v) is 13.3. The fraction of sp³-hybridized carbons (Fsp3) is 0.548. The van der Waals surface area contributed by atoms with Crippen LogP contribution < -0.4 is 30.9 Å². The van der Waals surface area contributed by atoms with Gasteiger partial charge in [0.2, 0.25) is 35.5 Å². The van der Waals surface area contributed by atoms with E-state index in [0.717, 1.165) is 111 Å². The SMILES string of the molecule is Cc1cc(Nc2ncnc(Nc3ccccc3S(=O)(=O)C(C)C)n2)c(OC(C)C)cc1N1CCC(N2CCN(C(=O)CCCCCCCC(=O)NC(C(=O)N3C[C@H](O)C[C@H]3C(=O)NCc3ccc(-c4scnc4C)cc3)C(C)(C)C)CC2)CC1. The first kappa shape index (κ1) is 63.3. The molecule has 0 spiro atoms. The van der Waals surface area contributed by atoms with Crippen LogP contribution in [0.25, 0.3) is 10.4 Å². The number of benzene rings is 3. The molecule has 8 rings (SSSR count). The number of rotatable bonds is 24. The molecule has 4 amide bonds. The summed E-state index contributed by atoms with van der Waals surface area (Å²) in [5, 5.41) is 22.4. The highest BCUT2D eigenvalue weighted by Gasteiger charge is 2.44. The highest BCUT2D eigenvalue weighted by Crippen LogP contribution is 2.38. The standard InChI is InChI=1S/C62H86N12O8S2/c1-40(2)82-52-35-50(42(5)33-49(52)68-61-65-38-64-60(70-61)67-48-17-15-16-18-53(48)84(80,81)41(3)4)72-27-25-46(26-28-72)71-29-31-73(32-30-71)55(77)20-14-12-10-11-13-19-54(76)69-57(62(7,8)9)59(79)74-37-47(75)34-51(74)58(78)63-36-44-21-23-45(24-22-44)56-43(6)66-39-83-56/h15-18,21-24,33,35,38-41,46-47,51,57,75H,10-14,19-20,25-32,34,36-37H2,1-9H3,(H,63,78)(H,69,76)(H2,64,65,67,68,70)/t47-,51+,57?/m1/s1. The molecule has 3 aliphatic rings. The molecule has 2 aromatic heterocycles. The molecular weight excluding hydrogens is 1100 g/mol. The van der Waals surface area contributed by atoms with Crippen molar-refractivity contribution in [3.05, 3.63) is 89.3 Å². The first-order chi connectivity index (χ1) is 40.0. The van der Waals surface area contributed by atoms with Crippen LogP contribution in [0.3, 0.4) is 0 Å². The summed E-state index contributed by atoms with van der Waals surface area (Å²) in [6, 6.07) is 17.5. The third-order valence-electron chi connectivity index (χ3n) is 16.0. The van der Waals surface area contributed by atoms with Crippen LogP contribution in [0.5, 0.6) is 5.75 Å². The Labute approximate surface area is 499 Å². The number of sulfone groups is 1. The first-order valence-electron chi connectivity index (χ1n) is 29.7. The Morgan fingerprint density at radius 1 is 0.810 bits per heavy atom.